The summed E-state index contributed by atoms with van der Waals surface area (Å²) in [7, 11) is 0. The number of aromatic nitrogens is 2. The second kappa shape index (κ2) is 8.32. The molecule has 0 aromatic carbocycles. The molecule has 0 saturated carbocycles. The van der Waals surface area contributed by atoms with E-state index in [2.05, 4.69) is 30.4 Å². The number of rotatable bonds is 4. The molecule has 5 heteroatoms. The highest BCUT2D eigenvalue weighted by Crippen LogP contribution is 2.31. The Balaban J connectivity index is 1.70. The standard InChI is InChI=1S/C22H33N3O2/c1-5-24-16-19(15-23-24)18-10-8-9-17(13-18)14-20-11-6-7-12-25(20)21(26)27-22(2,3)4/h9,13,15-16,20H,5-8,10-12,14H2,1-4H3/t20-/m0/s1. The normalized spacial score (nSPS) is 20.9. The molecule has 3 rings (SSSR count). The summed E-state index contributed by atoms with van der Waals surface area (Å²) in [6.45, 7) is 9.58. The minimum atomic E-state index is -0.449. The van der Waals surface area contributed by atoms with E-state index in [4.69, 9.17) is 4.74 Å². The predicted octanol–water partition coefficient (Wildman–Crippen LogP) is 5.19. The van der Waals surface area contributed by atoms with Crippen LogP contribution in [0.3, 0.4) is 0 Å². The van der Waals surface area contributed by atoms with Crippen LogP contribution in [0, 0.1) is 0 Å². The average Bonchev–Trinajstić information content (AvgIpc) is 3.10. The molecule has 1 atom stereocenters. The van der Waals surface area contributed by atoms with Crippen molar-refractivity contribution in [1.29, 1.82) is 0 Å². The second-order valence-corrected chi connectivity index (χ2v) is 8.60. The number of piperidine rings is 1. The maximum atomic E-state index is 12.6. The Labute approximate surface area is 163 Å². The van der Waals surface area contributed by atoms with E-state index in [1.165, 1.54) is 23.1 Å². The number of nitrogens with zero attached hydrogens (tertiary/aromatic N) is 3. The second-order valence-electron chi connectivity index (χ2n) is 8.60. The molecule has 0 bridgehead atoms. The van der Waals surface area contributed by atoms with Crippen LogP contribution in [0.2, 0.25) is 0 Å². The number of allylic oxidation sites excluding steroid dienone is 3. The van der Waals surface area contributed by atoms with E-state index in [9.17, 15) is 4.79 Å². The number of carbonyl (C=O) groups is 1. The van der Waals surface area contributed by atoms with Gasteiger partial charge in [-0.1, -0.05) is 12.2 Å². The third-order valence-corrected chi connectivity index (χ3v) is 5.23. The molecule has 1 fully saturated rings. The van der Waals surface area contributed by atoms with Gasteiger partial charge < -0.3 is 9.64 Å². The van der Waals surface area contributed by atoms with Crippen LogP contribution in [0.25, 0.3) is 5.57 Å². The van der Waals surface area contributed by atoms with Crippen LogP contribution in [-0.2, 0) is 11.3 Å². The van der Waals surface area contributed by atoms with Crippen molar-refractivity contribution in [3.63, 3.8) is 0 Å². The first kappa shape index (κ1) is 19.7. The Hall–Kier alpha value is -2.04. The van der Waals surface area contributed by atoms with E-state index in [-0.39, 0.29) is 12.1 Å². The van der Waals surface area contributed by atoms with Gasteiger partial charge in [-0.3, -0.25) is 4.68 Å². The third kappa shape index (κ3) is 5.24. The van der Waals surface area contributed by atoms with Crippen molar-refractivity contribution < 1.29 is 9.53 Å². The molecule has 1 aromatic rings. The number of amides is 1. The van der Waals surface area contributed by atoms with Crippen LogP contribution in [-0.4, -0.2) is 39.0 Å². The highest BCUT2D eigenvalue weighted by Gasteiger charge is 2.31. The van der Waals surface area contributed by atoms with Gasteiger partial charge in [0.2, 0.25) is 0 Å². The van der Waals surface area contributed by atoms with Gasteiger partial charge in [0.15, 0.2) is 0 Å². The van der Waals surface area contributed by atoms with E-state index < -0.39 is 5.60 Å². The van der Waals surface area contributed by atoms with Gasteiger partial charge in [0, 0.05) is 30.9 Å². The highest BCUT2D eigenvalue weighted by atomic mass is 16.6. The van der Waals surface area contributed by atoms with Crippen LogP contribution in [0.1, 0.15) is 71.8 Å². The summed E-state index contributed by atoms with van der Waals surface area (Å²) in [4.78, 5) is 14.6. The Morgan fingerprint density at radius 2 is 2.15 bits per heavy atom. The number of carbonyl (C=O) groups excluding carboxylic acids is 1. The zero-order valence-electron chi connectivity index (χ0n) is 17.2. The van der Waals surface area contributed by atoms with Gasteiger partial charge in [-0.15, -0.1) is 0 Å². The van der Waals surface area contributed by atoms with Gasteiger partial charge >= 0.3 is 6.09 Å². The fourth-order valence-electron chi connectivity index (χ4n) is 3.89. The molecule has 27 heavy (non-hydrogen) atoms. The monoisotopic (exact) mass is 371 g/mol. The molecule has 1 aliphatic heterocycles. The third-order valence-electron chi connectivity index (χ3n) is 5.23. The van der Waals surface area contributed by atoms with Crippen LogP contribution in [0.15, 0.2) is 30.1 Å². The van der Waals surface area contributed by atoms with Crippen molar-refractivity contribution >= 4 is 11.7 Å². The topological polar surface area (TPSA) is 47.4 Å². The zero-order valence-corrected chi connectivity index (χ0v) is 17.2. The molecule has 1 aliphatic carbocycles. The number of likely N-dealkylation sites (tertiary alicyclic amines) is 1. The summed E-state index contributed by atoms with van der Waals surface area (Å²) in [5.74, 6) is 0. The fraction of sp³-hybridized carbons (Fsp3) is 0.636. The molecule has 5 nitrogen and oxygen atoms in total. The molecule has 0 spiro atoms. The minimum Gasteiger partial charge on any atom is -0.444 e. The quantitative estimate of drug-likeness (QED) is 0.732. The van der Waals surface area contributed by atoms with Gasteiger partial charge in [-0.2, -0.15) is 5.10 Å². The molecule has 2 heterocycles. The molecule has 1 amide bonds. The zero-order chi connectivity index (χ0) is 19.4. The Morgan fingerprint density at radius 3 is 2.85 bits per heavy atom. The van der Waals surface area contributed by atoms with Crippen molar-refractivity contribution in [2.24, 2.45) is 0 Å². The first-order chi connectivity index (χ1) is 12.9. The summed E-state index contributed by atoms with van der Waals surface area (Å²) >= 11 is 0. The summed E-state index contributed by atoms with van der Waals surface area (Å²) in [6.07, 6.45) is 14.9. The molecule has 1 saturated heterocycles. The summed E-state index contributed by atoms with van der Waals surface area (Å²) in [5.41, 5.74) is 3.46. The van der Waals surface area contributed by atoms with Crippen molar-refractivity contribution in [2.45, 2.75) is 84.4 Å². The van der Waals surface area contributed by atoms with Crippen molar-refractivity contribution in [2.75, 3.05) is 6.54 Å². The van der Waals surface area contributed by atoms with Crippen LogP contribution in [0.4, 0.5) is 4.79 Å². The number of ether oxygens (including phenoxy) is 1. The van der Waals surface area contributed by atoms with Gasteiger partial charge in [-0.05, 0) is 77.4 Å². The molecular weight excluding hydrogens is 338 g/mol. The SMILES string of the molecule is CCn1cc(C2=CC(C[C@@H]3CCCCN3C(=O)OC(C)(C)C)=CCC2)cn1. The Bertz CT molecular complexity index is 724. The van der Waals surface area contributed by atoms with Crippen LogP contribution < -0.4 is 0 Å². The molecule has 0 radical (unpaired) electrons. The first-order valence-corrected chi connectivity index (χ1v) is 10.3. The van der Waals surface area contributed by atoms with E-state index in [1.807, 2.05) is 36.5 Å². The summed E-state index contributed by atoms with van der Waals surface area (Å²) < 4.78 is 7.62. The average molecular weight is 372 g/mol. The lowest BCUT2D eigenvalue weighted by molar-refractivity contribution is 0.0100. The fourth-order valence-corrected chi connectivity index (χ4v) is 3.89. The first-order valence-electron chi connectivity index (χ1n) is 10.3. The summed E-state index contributed by atoms with van der Waals surface area (Å²) in [5, 5.41) is 4.41. The van der Waals surface area contributed by atoms with Crippen LogP contribution >= 0.6 is 0 Å². The van der Waals surface area contributed by atoms with Crippen molar-refractivity contribution in [3.05, 3.63) is 35.7 Å². The maximum absolute atomic E-state index is 12.6. The van der Waals surface area contributed by atoms with E-state index >= 15 is 0 Å². The molecule has 148 valence electrons. The lowest BCUT2D eigenvalue weighted by atomic mass is 9.89. The lowest BCUT2D eigenvalue weighted by Crippen LogP contribution is -2.46. The Kier molecular flexibility index (Phi) is 6.08. The maximum Gasteiger partial charge on any atom is 0.410 e. The lowest BCUT2D eigenvalue weighted by Gasteiger charge is -2.37. The molecule has 0 unspecified atom stereocenters. The van der Waals surface area contributed by atoms with E-state index in [0.29, 0.717) is 0 Å². The number of aryl methyl sites for hydroxylation is 1. The summed E-state index contributed by atoms with van der Waals surface area (Å²) in [6, 6.07) is 0.230. The van der Waals surface area contributed by atoms with Crippen LogP contribution in [0.5, 0.6) is 0 Å². The van der Waals surface area contributed by atoms with Gasteiger partial charge in [0.05, 0.1) is 6.20 Å². The molecule has 2 aliphatic rings. The molecule has 1 aromatic heterocycles. The Morgan fingerprint density at radius 1 is 1.33 bits per heavy atom. The molecule has 0 N–H and O–H groups in total. The predicted molar refractivity (Wildman–Crippen MR) is 108 cm³/mol. The minimum absolute atomic E-state index is 0.169. The van der Waals surface area contributed by atoms with Gasteiger partial charge in [-0.25, -0.2) is 4.79 Å². The smallest absolute Gasteiger partial charge is 0.410 e. The van der Waals surface area contributed by atoms with Gasteiger partial charge in [0.25, 0.3) is 0 Å². The molecular formula is C22H33N3O2. The highest BCUT2D eigenvalue weighted by molar-refractivity contribution is 5.70. The van der Waals surface area contributed by atoms with Gasteiger partial charge in [0.1, 0.15) is 5.60 Å². The van der Waals surface area contributed by atoms with E-state index in [1.54, 1.807) is 0 Å². The number of hydrogen-bond donors (Lipinski definition) is 0. The van der Waals surface area contributed by atoms with E-state index in [0.717, 1.165) is 45.2 Å². The van der Waals surface area contributed by atoms with Crippen molar-refractivity contribution in [3.8, 4) is 0 Å². The van der Waals surface area contributed by atoms with Crippen molar-refractivity contribution in [1.82, 2.24) is 14.7 Å². The largest absolute Gasteiger partial charge is 0.444 e. The number of hydrogen-bond acceptors (Lipinski definition) is 3.